The third-order valence-corrected chi connectivity index (χ3v) is 3.25. The van der Waals surface area contributed by atoms with E-state index < -0.39 is 5.97 Å². The lowest BCUT2D eigenvalue weighted by atomic mass is 10.1. The molecule has 0 amide bonds. The fraction of sp³-hybridized carbons (Fsp3) is 0.529. The van der Waals surface area contributed by atoms with Gasteiger partial charge in [-0.1, -0.05) is 50.3 Å². The van der Waals surface area contributed by atoms with E-state index in [9.17, 15) is 9.59 Å². The Hall–Kier alpha value is -1.84. The normalized spacial score (nSPS) is 10.3. The number of benzene rings is 1. The minimum absolute atomic E-state index is 0.178. The Morgan fingerprint density at radius 3 is 1.90 bits per heavy atom. The van der Waals surface area contributed by atoms with Gasteiger partial charge in [-0.15, -0.1) is 0 Å². The average molecular weight is 292 g/mol. The van der Waals surface area contributed by atoms with E-state index in [4.69, 9.17) is 9.84 Å². The molecule has 0 saturated heterocycles. The van der Waals surface area contributed by atoms with E-state index >= 15 is 0 Å². The average Bonchev–Trinajstić information content (AvgIpc) is 2.46. The highest BCUT2D eigenvalue weighted by Gasteiger charge is 2.04. The zero-order valence-electron chi connectivity index (χ0n) is 12.4. The maximum Gasteiger partial charge on any atom is 0.311 e. The van der Waals surface area contributed by atoms with Crippen LogP contribution in [0.3, 0.4) is 0 Å². The van der Waals surface area contributed by atoms with Gasteiger partial charge in [0.05, 0.1) is 0 Å². The molecule has 0 aliphatic carbocycles. The van der Waals surface area contributed by atoms with Crippen LogP contribution in [0.15, 0.2) is 30.3 Å². The number of para-hydroxylation sites is 1. The van der Waals surface area contributed by atoms with Crippen LogP contribution < -0.4 is 4.74 Å². The molecule has 4 heteroatoms. The Bertz CT molecular complexity index is 414. The number of rotatable bonds is 11. The molecule has 0 aliphatic heterocycles. The summed E-state index contributed by atoms with van der Waals surface area (Å²) >= 11 is 0. The standard InChI is InChI=1S/C17H24O4/c18-16(19)13-9-4-2-1-3-5-10-14-17(20)21-15-11-7-6-8-12-15/h6-8,11-12H,1-5,9-10,13-14H2,(H,18,19). The highest BCUT2D eigenvalue weighted by molar-refractivity contribution is 5.72. The lowest BCUT2D eigenvalue weighted by Gasteiger charge is -2.04. The van der Waals surface area contributed by atoms with Gasteiger partial charge in [-0.2, -0.15) is 0 Å². The summed E-state index contributed by atoms with van der Waals surface area (Å²) in [5.41, 5.74) is 0. The van der Waals surface area contributed by atoms with Crippen molar-refractivity contribution in [3.8, 4) is 5.75 Å². The zero-order valence-corrected chi connectivity index (χ0v) is 12.4. The number of hydrogen-bond donors (Lipinski definition) is 1. The van der Waals surface area contributed by atoms with Gasteiger partial charge < -0.3 is 9.84 Å². The van der Waals surface area contributed by atoms with Crippen molar-refractivity contribution in [1.82, 2.24) is 0 Å². The molecule has 0 saturated carbocycles. The molecule has 0 bridgehead atoms. The summed E-state index contributed by atoms with van der Waals surface area (Å²) in [6.45, 7) is 0. The molecule has 0 aromatic heterocycles. The molecule has 1 N–H and O–H groups in total. The van der Waals surface area contributed by atoms with Gasteiger partial charge in [0, 0.05) is 12.8 Å². The van der Waals surface area contributed by atoms with Crippen LogP contribution in [0.25, 0.3) is 0 Å². The second-order valence-corrected chi connectivity index (χ2v) is 5.16. The molecule has 1 aromatic rings. The molecule has 0 spiro atoms. The molecule has 4 nitrogen and oxygen atoms in total. The Morgan fingerprint density at radius 1 is 0.810 bits per heavy atom. The minimum Gasteiger partial charge on any atom is -0.481 e. The fourth-order valence-electron chi connectivity index (χ4n) is 2.10. The first kappa shape index (κ1) is 17.2. The lowest BCUT2D eigenvalue weighted by molar-refractivity contribution is -0.137. The molecule has 1 rings (SSSR count). The largest absolute Gasteiger partial charge is 0.481 e. The Balaban J connectivity index is 1.92. The van der Waals surface area contributed by atoms with Gasteiger partial charge in [-0.3, -0.25) is 9.59 Å². The van der Waals surface area contributed by atoms with Crippen LogP contribution in [0.4, 0.5) is 0 Å². The molecular weight excluding hydrogens is 268 g/mol. The first-order chi connectivity index (χ1) is 10.2. The van der Waals surface area contributed by atoms with E-state index in [1.807, 2.05) is 18.2 Å². The van der Waals surface area contributed by atoms with Crippen LogP contribution in [-0.2, 0) is 9.59 Å². The minimum atomic E-state index is -0.716. The second-order valence-electron chi connectivity index (χ2n) is 5.16. The number of esters is 1. The van der Waals surface area contributed by atoms with Crippen LogP contribution in [-0.4, -0.2) is 17.0 Å². The van der Waals surface area contributed by atoms with Crippen molar-refractivity contribution in [1.29, 1.82) is 0 Å². The summed E-state index contributed by atoms with van der Waals surface area (Å²) in [7, 11) is 0. The molecule has 0 aliphatic rings. The van der Waals surface area contributed by atoms with Crippen molar-refractivity contribution < 1.29 is 19.4 Å². The molecule has 116 valence electrons. The van der Waals surface area contributed by atoms with E-state index in [0.29, 0.717) is 12.2 Å². The monoisotopic (exact) mass is 292 g/mol. The second kappa shape index (κ2) is 10.9. The summed E-state index contributed by atoms with van der Waals surface area (Å²) in [6.07, 6.45) is 7.59. The fourth-order valence-corrected chi connectivity index (χ4v) is 2.10. The van der Waals surface area contributed by atoms with Crippen molar-refractivity contribution in [3.05, 3.63) is 30.3 Å². The molecule has 1 aromatic carbocycles. The third kappa shape index (κ3) is 9.66. The van der Waals surface area contributed by atoms with E-state index in [0.717, 1.165) is 44.9 Å². The highest BCUT2D eigenvalue weighted by Crippen LogP contribution is 2.12. The quantitative estimate of drug-likeness (QED) is 0.377. The van der Waals surface area contributed by atoms with Crippen LogP contribution in [0.1, 0.15) is 57.8 Å². The number of carbonyl (C=O) groups is 2. The topological polar surface area (TPSA) is 63.6 Å². The smallest absolute Gasteiger partial charge is 0.311 e. The van der Waals surface area contributed by atoms with Crippen molar-refractivity contribution in [2.24, 2.45) is 0 Å². The van der Waals surface area contributed by atoms with Gasteiger partial charge in [-0.05, 0) is 25.0 Å². The summed E-state index contributed by atoms with van der Waals surface area (Å²) in [5, 5.41) is 8.50. The maximum atomic E-state index is 11.6. The van der Waals surface area contributed by atoms with Crippen LogP contribution in [0.5, 0.6) is 5.75 Å². The summed E-state index contributed by atoms with van der Waals surface area (Å²) in [6, 6.07) is 9.11. The van der Waals surface area contributed by atoms with Gasteiger partial charge in [0.25, 0.3) is 0 Å². The Labute approximate surface area is 126 Å². The molecule has 0 unspecified atom stereocenters. The van der Waals surface area contributed by atoms with Crippen molar-refractivity contribution in [2.75, 3.05) is 0 Å². The first-order valence-corrected chi connectivity index (χ1v) is 7.66. The van der Waals surface area contributed by atoms with Gasteiger partial charge in [0.2, 0.25) is 0 Å². The zero-order chi connectivity index (χ0) is 15.3. The van der Waals surface area contributed by atoms with E-state index in [2.05, 4.69) is 0 Å². The van der Waals surface area contributed by atoms with E-state index in [1.165, 1.54) is 0 Å². The van der Waals surface area contributed by atoms with Crippen molar-refractivity contribution >= 4 is 11.9 Å². The summed E-state index contributed by atoms with van der Waals surface area (Å²) in [4.78, 5) is 21.9. The SMILES string of the molecule is O=C(O)CCCCCCCCCC(=O)Oc1ccccc1. The Morgan fingerprint density at radius 2 is 1.33 bits per heavy atom. The first-order valence-electron chi connectivity index (χ1n) is 7.66. The third-order valence-electron chi connectivity index (χ3n) is 3.25. The summed E-state index contributed by atoms with van der Waals surface area (Å²) in [5.74, 6) is -0.296. The molecule has 0 fully saturated rings. The highest BCUT2D eigenvalue weighted by atomic mass is 16.5. The molecule has 0 radical (unpaired) electrons. The van der Waals surface area contributed by atoms with Crippen LogP contribution in [0.2, 0.25) is 0 Å². The predicted octanol–water partition coefficient (Wildman–Crippen LogP) is 4.19. The molecule has 0 atom stereocenters. The van der Waals surface area contributed by atoms with E-state index in [-0.39, 0.29) is 12.4 Å². The van der Waals surface area contributed by atoms with Crippen molar-refractivity contribution in [2.45, 2.75) is 57.8 Å². The number of ether oxygens (including phenoxy) is 1. The number of carboxylic acids is 1. The summed E-state index contributed by atoms with van der Waals surface area (Å²) < 4.78 is 5.20. The van der Waals surface area contributed by atoms with Gasteiger partial charge in [0.15, 0.2) is 0 Å². The lowest BCUT2D eigenvalue weighted by Crippen LogP contribution is -2.07. The van der Waals surface area contributed by atoms with Gasteiger partial charge in [-0.25, -0.2) is 0 Å². The molecule has 0 heterocycles. The number of carbonyl (C=O) groups excluding carboxylic acids is 1. The Kier molecular flexibility index (Phi) is 8.93. The van der Waals surface area contributed by atoms with Gasteiger partial charge in [0.1, 0.15) is 5.75 Å². The van der Waals surface area contributed by atoms with Crippen LogP contribution in [0, 0.1) is 0 Å². The maximum absolute atomic E-state index is 11.6. The number of hydrogen-bond acceptors (Lipinski definition) is 3. The molecule has 21 heavy (non-hydrogen) atoms. The van der Waals surface area contributed by atoms with Gasteiger partial charge >= 0.3 is 11.9 Å². The number of carboxylic acid groups (broad SMARTS) is 1. The number of aliphatic carboxylic acids is 1. The van der Waals surface area contributed by atoms with E-state index in [1.54, 1.807) is 12.1 Å². The van der Waals surface area contributed by atoms with Crippen molar-refractivity contribution in [3.63, 3.8) is 0 Å². The molecular formula is C17H24O4. The predicted molar refractivity (Wildman–Crippen MR) is 81.3 cm³/mol. The van der Waals surface area contributed by atoms with Crippen LogP contribution >= 0.6 is 0 Å². The number of unbranched alkanes of at least 4 members (excludes halogenated alkanes) is 6.